The first-order valence-electron chi connectivity index (χ1n) is 8.69. The summed E-state index contributed by atoms with van der Waals surface area (Å²) in [7, 11) is 0. The van der Waals surface area contributed by atoms with E-state index in [0.717, 1.165) is 11.3 Å². The van der Waals surface area contributed by atoms with Gasteiger partial charge < -0.3 is 9.26 Å². The molecule has 0 radical (unpaired) electrons. The molecule has 2 aromatic heterocycles. The third-order valence-corrected chi connectivity index (χ3v) is 4.62. The Bertz CT molecular complexity index is 1120. The van der Waals surface area contributed by atoms with Gasteiger partial charge in [0.1, 0.15) is 17.7 Å². The Labute approximate surface area is 158 Å². The average molecular weight is 380 g/mol. The SMILES string of the molecule is Fc1ccc(-c2noc(-c3cc4n(n3)CC(c3ccc(F)cc3)OC4)n2)cc1. The van der Waals surface area contributed by atoms with Gasteiger partial charge in [0.05, 0.1) is 18.8 Å². The lowest BCUT2D eigenvalue weighted by atomic mass is 10.1. The molecule has 0 aliphatic carbocycles. The maximum Gasteiger partial charge on any atom is 0.278 e. The highest BCUT2D eigenvalue weighted by Gasteiger charge is 2.24. The van der Waals surface area contributed by atoms with E-state index in [0.29, 0.717) is 30.2 Å². The van der Waals surface area contributed by atoms with Gasteiger partial charge in [0.15, 0.2) is 5.69 Å². The zero-order valence-corrected chi connectivity index (χ0v) is 14.5. The smallest absolute Gasteiger partial charge is 0.278 e. The number of hydrogen-bond donors (Lipinski definition) is 0. The second-order valence-corrected chi connectivity index (χ2v) is 6.48. The van der Waals surface area contributed by atoms with Gasteiger partial charge in [0, 0.05) is 5.56 Å². The maximum atomic E-state index is 13.1. The van der Waals surface area contributed by atoms with E-state index in [1.165, 1.54) is 24.3 Å². The molecule has 0 saturated carbocycles. The molecule has 0 fully saturated rings. The minimum Gasteiger partial charge on any atom is -0.365 e. The fourth-order valence-electron chi connectivity index (χ4n) is 3.15. The van der Waals surface area contributed by atoms with Gasteiger partial charge in [-0.05, 0) is 48.0 Å². The molecular weight excluding hydrogens is 366 g/mol. The van der Waals surface area contributed by atoms with Crippen LogP contribution in [-0.4, -0.2) is 19.9 Å². The standard InChI is InChI=1S/C20H14F2N4O2/c21-14-5-1-12(2-6-14)18-10-26-16(11-27-18)9-17(24-26)20-23-19(25-28-20)13-3-7-15(22)8-4-13/h1-9,18H,10-11H2. The van der Waals surface area contributed by atoms with Crippen molar-refractivity contribution >= 4 is 0 Å². The van der Waals surface area contributed by atoms with Crippen LogP contribution in [-0.2, 0) is 17.9 Å². The van der Waals surface area contributed by atoms with Crippen LogP contribution in [0.2, 0.25) is 0 Å². The van der Waals surface area contributed by atoms with Crippen LogP contribution in [0, 0.1) is 11.6 Å². The third kappa shape index (κ3) is 3.07. The van der Waals surface area contributed by atoms with Gasteiger partial charge in [0.25, 0.3) is 5.89 Å². The number of fused-ring (bicyclic) bond motifs is 1. The van der Waals surface area contributed by atoms with Gasteiger partial charge in [-0.2, -0.15) is 10.1 Å². The van der Waals surface area contributed by atoms with E-state index in [1.54, 1.807) is 24.3 Å². The van der Waals surface area contributed by atoms with E-state index >= 15 is 0 Å². The van der Waals surface area contributed by atoms with Crippen molar-refractivity contribution in [1.29, 1.82) is 0 Å². The molecule has 28 heavy (non-hydrogen) atoms. The fraction of sp³-hybridized carbons (Fsp3) is 0.150. The van der Waals surface area contributed by atoms with E-state index in [1.807, 2.05) is 10.7 Å². The predicted molar refractivity (Wildman–Crippen MR) is 94.8 cm³/mol. The first-order chi connectivity index (χ1) is 13.7. The Morgan fingerprint density at radius 3 is 2.43 bits per heavy atom. The first kappa shape index (κ1) is 16.8. The monoisotopic (exact) mass is 380 g/mol. The summed E-state index contributed by atoms with van der Waals surface area (Å²) >= 11 is 0. The predicted octanol–water partition coefficient (Wildman–Crippen LogP) is 4.15. The molecular formula is C20H14F2N4O2. The van der Waals surface area contributed by atoms with E-state index in [-0.39, 0.29) is 23.6 Å². The summed E-state index contributed by atoms with van der Waals surface area (Å²) in [4.78, 5) is 4.35. The Hall–Kier alpha value is -3.39. The second-order valence-electron chi connectivity index (χ2n) is 6.48. The van der Waals surface area contributed by atoms with Crippen molar-refractivity contribution in [1.82, 2.24) is 19.9 Å². The van der Waals surface area contributed by atoms with Crippen molar-refractivity contribution in [2.75, 3.05) is 0 Å². The van der Waals surface area contributed by atoms with Crippen molar-refractivity contribution in [3.05, 3.63) is 77.5 Å². The van der Waals surface area contributed by atoms with Crippen molar-refractivity contribution in [2.24, 2.45) is 0 Å². The lowest BCUT2D eigenvalue weighted by Gasteiger charge is -2.24. The normalized spacial score (nSPS) is 16.1. The van der Waals surface area contributed by atoms with Crippen LogP contribution in [0.3, 0.4) is 0 Å². The minimum absolute atomic E-state index is 0.210. The summed E-state index contributed by atoms with van der Waals surface area (Å²) in [6, 6.07) is 13.9. The molecule has 1 unspecified atom stereocenters. The van der Waals surface area contributed by atoms with Gasteiger partial charge in [-0.15, -0.1) is 0 Å². The molecule has 4 aromatic rings. The van der Waals surface area contributed by atoms with Crippen LogP contribution in [0.25, 0.3) is 23.0 Å². The molecule has 1 atom stereocenters. The van der Waals surface area contributed by atoms with Crippen LogP contribution in [0.15, 0.2) is 59.1 Å². The number of nitrogens with zero attached hydrogens (tertiary/aromatic N) is 4. The molecule has 2 aromatic carbocycles. The highest BCUT2D eigenvalue weighted by molar-refractivity contribution is 5.57. The molecule has 3 heterocycles. The Balaban J connectivity index is 1.39. The first-order valence-corrected chi connectivity index (χ1v) is 8.69. The molecule has 0 spiro atoms. The molecule has 0 bridgehead atoms. The molecule has 0 amide bonds. The van der Waals surface area contributed by atoms with Gasteiger partial charge in [-0.25, -0.2) is 8.78 Å². The highest BCUT2D eigenvalue weighted by atomic mass is 19.1. The summed E-state index contributed by atoms with van der Waals surface area (Å²) in [6.45, 7) is 0.869. The lowest BCUT2D eigenvalue weighted by Crippen LogP contribution is -2.21. The quantitative estimate of drug-likeness (QED) is 0.534. The molecule has 5 rings (SSSR count). The summed E-state index contributed by atoms with van der Waals surface area (Å²) in [5.74, 6) is 0.0286. The van der Waals surface area contributed by atoms with Crippen molar-refractivity contribution < 1.29 is 18.0 Å². The summed E-state index contributed by atoms with van der Waals surface area (Å²) in [5.41, 5.74) is 2.97. The van der Waals surface area contributed by atoms with E-state index in [9.17, 15) is 8.78 Å². The van der Waals surface area contributed by atoms with E-state index < -0.39 is 0 Å². The third-order valence-electron chi connectivity index (χ3n) is 4.62. The summed E-state index contributed by atoms with van der Waals surface area (Å²) < 4.78 is 39.2. The van der Waals surface area contributed by atoms with Crippen molar-refractivity contribution in [3.63, 3.8) is 0 Å². The summed E-state index contributed by atoms with van der Waals surface area (Å²) in [5, 5.41) is 8.49. The number of halogens is 2. The summed E-state index contributed by atoms with van der Waals surface area (Å²) in [6.07, 6.45) is -0.210. The van der Waals surface area contributed by atoms with Gasteiger partial charge in [-0.1, -0.05) is 17.3 Å². The lowest BCUT2D eigenvalue weighted by molar-refractivity contribution is -0.00116. The molecule has 1 aliphatic rings. The number of benzene rings is 2. The molecule has 8 heteroatoms. The second kappa shape index (κ2) is 6.65. The Morgan fingerprint density at radius 1 is 0.964 bits per heavy atom. The van der Waals surface area contributed by atoms with E-state index in [4.69, 9.17) is 9.26 Å². The van der Waals surface area contributed by atoms with Crippen molar-refractivity contribution in [2.45, 2.75) is 19.3 Å². The van der Waals surface area contributed by atoms with Crippen LogP contribution in [0.4, 0.5) is 8.78 Å². The number of aromatic nitrogens is 4. The van der Waals surface area contributed by atoms with Gasteiger partial charge >= 0.3 is 0 Å². The zero-order chi connectivity index (χ0) is 19.1. The largest absolute Gasteiger partial charge is 0.365 e. The van der Waals surface area contributed by atoms with Crippen LogP contribution in [0.1, 0.15) is 17.4 Å². The Kier molecular flexibility index (Phi) is 3.98. The molecule has 0 N–H and O–H groups in total. The zero-order valence-electron chi connectivity index (χ0n) is 14.5. The fourth-order valence-corrected chi connectivity index (χ4v) is 3.15. The van der Waals surface area contributed by atoms with Crippen LogP contribution in [0.5, 0.6) is 0 Å². The van der Waals surface area contributed by atoms with Crippen LogP contribution < -0.4 is 0 Å². The molecule has 0 saturated heterocycles. The highest BCUT2D eigenvalue weighted by Crippen LogP contribution is 2.29. The van der Waals surface area contributed by atoms with Crippen molar-refractivity contribution in [3.8, 4) is 23.0 Å². The van der Waals surface area contributed by atoms with Gasteiger partial charge in [0.2, 0.25) is 5.82 Å². The van der Waals surface area contributed by atoms with Crippen LogP contribution >= 0.6 is 0 Å². The van der Waals surface area contributed by atoms with E-state index in [2.05, 4.69) is 15.2 Å². The maximum absolute atomic E-state index is 13.1. The average Bonchev–Trinajstić information content (AvgIpc) is 3.35. The number of ether oxygens (including phenoxy) is 1. The molecule has 6 nitrogen and oxygen atoms in total. The molecule has 140 valence electrons. The minimum atomic E-state index is -0.329. The number of hydrogen-bond acceptors (Lipinski definition) is 5. The number of rotatable bonds is 3. The van der Waals surface area contributed by atoms with Gasteiger partial charge in [-0.3, -0.25) is 4.68 Å². The topological polar surface area (TPSA) is 66.0 Å². The Morgan fingerprint density at radius 2 is 1.68 bits per heavy atom. The molecule has 1 aliphatic heterocycles.